The maximum Gasteiger partial charge on any atom is 0.406 e. The maximum atomic E-state index is 12.7. The zero-order valence-electron chi connectivity index (χ0n) is 16.6. The second-order valence-electron chi connectivity index (χ2n) is 6.96. The van der Waals surface area contributed by atoms with Gasteiger partial charge in [0, 0.05) is 11.4 Å². The first-order chi connectivity index (χ1) is 14.0. The Bertz CT molecular complexity index is 968. The van der Waals surface area contributed by atoms with E-state index in [0.29, 0.717) is 11.5 Å². The maximum absolute atomic E-state index is 12.7. The van der Waals surface area contributed by atoms with E-state index in [2.05, 4.69) is 5.32 Å². The van der Waals surface area contributed by atoms with Gasteiger partial charge in [0.15, 0.2) is 18.1 Å². The number of benzene rings is 1. The lowest BCUT2D eigenvalue weighted by Gasteiger charge is -2.15. The van der Waals surface area contributed by atoms with Gasteiger partial charge in [-0.3, -0.25) is 4.79 Å². The summed E-state index contributed by atoms with van der Waals surface area (Å²) in [5, 5.41) is 2.69. The van der Waals surface area contributed by atoms with Crippen molar-refractivity contribution in [2.45, 2.75) is 39.5 Å². The minimum absolute atomic E-state index is 0.00614. The van der Waals surface area contributed by atoms with E-state index in [0.717, 1.165) is 10.1 Å². The first-order valence-corrected chi connectivity index (χ1v) is 9.14. The van der Waals surface area contributed by atoms with Crippen LogP contribution in [0.15, 0.2) is 24.3 Å². The highest BCUT2D eigenvalue weighted by Gasteiger charge is 2.30. The fourth-order valence-corrected chi connectivity index (χ4v) is 3.19. The highest BCUT2D eigenvalue weighted by atomic mass is 19.4. The quantitative estimate of drug-likeness (QED) is 0.716. The zero-order chi connectivity index (χ0) is 22.1. The Morgan fingerprint density at radius 3 is 2.60 bits per heavy atom. The number of amides is 1. The molecule has 30 heavy (non-hydrogen) atoms. The lowest BCUT2D eigenvalue weighted by molar-refractivity contribution is -0.141. The van der Waals surface area contributed by atoms with Crippen LogP contribution >= 0.6 is 0 Å². The lowest BCUT2D eigenvalue weighted by atomic mass is 10.1. The van der Waals surface area contributed by atoms with Crippen LogP contribution in [0.2, 0.25) is 0 Å². The van der Waals surface area contributed by atoms with Crippen molar-refractivity contribution >= 4 is 11.9 Å². The third-order valence-electron chi connectivity index (χ3n) is 4.74. The summed E-state index contributed by atoms with van der Waals surface area (Å²) in [6, 6.07) is 6.19. The number of rotatable bonds is 6. The second kappa shape index (κ2) is 8.29. The summed E-state index contributed by atoms with van der Waals surface area (Å²) in [6.45, 7) is 3.00. The van der Waals surface area contributed by atoms with Gasteiger partial charge in [-0.05, 0) is 44.5 Å². The van der Waals surface area contributed by atoms with Crippen LogP contribution < -0.4 is 14.8 Å². The number of nitrogens with zero attached hydrogens (tertiary/aromatic N) is 1. The third-order valence-corrected chi connectivity index (χ3v) is 4.74. The Labute approximate surface area is 170 Å². The fraction of sp³-hybridized carbons (Fsp3) is 0.400. The molecule has 0 bridgehead atoms. The van der Waals surface area contributed by atoms with Crippen molar-refractivity contribution < 1.29 is 37.0 Å². The van der Waals surface area contributed by atoms with E-state index in [1.54, 1.807) is 25.1 Å². The molecular formula is C20H21F3N2O5. The first kappa shape index (κ1) is 21.5. The summed E-state index contributed by atoms with van der Waals surface area (Å²) < 4.78 is 54.6. The van der Waals surface area contributed by atoms with Crippen molar-refractivity contribution in [2.75, 3.05) is 13.4 Å². The van der Waals surface area contributed by atoms with E-state index in [1.165, 1.54) is 19.9 Å². The third kappa shape index (κ3) is 4.87. The van der Waals surface area contributed by atoms with Crippen molar-refractivity contribution in [3.63, 3.8) is 0 Å². The normalized spacial score (nSPS) is 13.8. The van der Waals surface area contributed by atoms with Crippen molar-refractivity contribution in [1.29, 1.82) is 0 Å². The Morgan fingerprint density at radius 2 is 1.90 bits per heavy atom. The molecule has 1 N–H and O–H groups in total. The molecule has 2 aromatic rings. The minimum atomic E-state index is -4.42. The fourth-order valence-electron chi connectivity index (χ4n) is 3.19. The van der Waals surface area contributed by atoms with Gasteiger partial charge >= 0.3 is 12.1 Å². The van der Waals surface area contributed by atoms with Crippen LogP contribution in [0.3, 0.4) is 0 Å². The number of hydrogen-bond donors (Lipinski definition) is 1. The Balaban J connectivity index is 1.57. The number of carbonyl (C=O) groups is 2. The highest BCUT2D eigenvalue weighted by molar-refractivity contribution is 5.92. The van der Waals surface area contributed by atoms with E-state index < -0.39 is 31.2 Å². The van der Waals surface area contributed by atoms with Crippen LogP contribution in [0.5, 0.6) is 11.5 Å². The molecule has 1 amide bonds. The predicted molar refractivity (Wildman–Crippen MR) is 99.4 cm³/mol. The Kier molecular flexibility index (Phi) is 5.95. The summed E-state index contributed by atoms with van der Waals surface area (Å²) in [4.78, 5) is 24.4. The van der Waals surface area contributed by atoms with Crippen molar-refractivity contribution in [1.82, 2.24) is 9.88 Å². The largest absolute Gasteiger partial charge is 0.454 e. The number of halogens is 3. The number of hydrogen-bond acceptors (Lipinski definition) is 5. The zero-order valence-corrected chi connectivity index (χ0v) is 16.6. The second-order valence-corrected chi connectivity index (χ2v) is 6.96. The van der Waals surface area contributed by atoms with Gasteiger partial charge in [0.25, 0.3) is 5.91 Å². The molecule has 0 fully saturated rings. The Morgan fingerprint density at radius 1 is 1.20 bits per heavy atom. The van der Waals surface area contributed by atoms with Crippen LogP contribution in [0.25, 0.3) is 0 Å². The molecule has 1 aliphatic heterocycles. The van der Waals surface area contributed by atoms with E-state index in [4.69, 9.17) is 14.2 Å². The van der Waals surface area contributed by atoms with Gasteiger partial charge < -0.3 is 24.1 Å². The molecule has 0 aliphatic carbocycles. The first-order valence-electron chi connectivity index (χ1n) is 9.14. The molecule has 1 atom stereocenters. The molecule has 1 unspecified atom stereocenters. The molecule has 10 heteroatoms. The van der Waals surface area contributed by atoms with E-state index in [9.17, 15) is 22.8 Å². The van der Waals surface area contributed by atoms with Crippen molar-refractivity contribution in [3.8, 4) is 11.5 Å². The molecule has 0 spiro atoms. The average Bonchev–Trinajstić information content (AvgIpc) is 3.24. The molecule has 0 radical (unpaired) electrons. The minimum Gasteiger partial charge on any atom is -0.454 e. The monoisotopic (exact) mass is 426 g/mol. The van der Waals surface area contributed by atoms with Crippen LogP contribution in [0.1, 0.15) is 40.3 Å². The number of aromatic nitrogens is 1. The topological polar surface area (TPSA) is 78.8 Å². The molecular weight excluding hydrogens is 405 g/mol. The van der Waals surface area contributed by atoms with Gasteiger partial charge in [-0.25, -0.2) is 4.79 Å². The van der Waals surface area contributed by atoms with Crippen LogP contribution in [0, 0.1) is 13.8 Å². The highest BCUT2D eigenvalue weighted by Crippen LogP contribution is 2.34. The summed E-state index contributed by atoms with van der Waals surface area (Å²) in [5.74, 6) is -0.205. The van der Waals surface area contributed by atoms with E-state index in [1.807, 2.05) is 0 Å². The molecule has 162 valence electrons. The number of esters is 1. The Hall–Kier alpha value is -3.17. The van der Waals surface area contributed by atoms with Crippen LogP contribution in [-0.2, 0) is 16.1 Å². The average molecular weight is 426 g/mol. The van der Waals surface area contributed by atoms with Gasteiger partial charge in [0.1, 0.15) is 6.54 Å². The van der Waals surface area contributed by atoms with Gasteiger partial charge in [-0.15, -0.1) is 0 Å². The molecule has 0 saturated heterocycles. The number of ether oxygens (including phenoxy) is 3. The van der Waals surface area contributed by atoms with Crippen LogP contribution in [0.4, 0.5) is 13.2 Å². The van der Waals surface area contributed by atoms with Crippen LogP contribution in [-0.4, -0.2) is 36.0 Å². The number of alkyl halides is 3. The smallest absolute Gasteiger partial charge is 0.406 e. The summed E-state index contributed by atoms with van der Waals surface area (Å²) >= 11 is 0. The van der Waals surface area contributed by atoms with Gasteiger partial charge in [-0.2, -0.15) is 13.2 Å². The van der Waals surface area contributed by atoms with E-state index in [-0.39, 0.29) is 29.8 Å². The van der Waals surface area contributed by atoms with Gasteiger partial charge in [-0.1, -0.05) is 6.07 Å². The molecule has 2 heterocycles. The van der Waals surface area contributed by atoms with Crippen molar-refractivity contribution in [3.05, 3.63) is 46.8 Å². The molecule has 3 rings (SSSR count). The summed E-state index contributed by atoms with van der Waals surface area (Å²) in [6.07, 6.45) is -4.42. The van der Waals surface area contributed by atoms with Crippen molar-refractivity contribution in [2.24, 2.45) is 0 Å². The number of carbonyl (C=O) groups excluding carboxylic acids is 2. The lowest BCUT2D eigenvalue weighted by Crippen LogP contribution is -2.31. The SMILES string of the molecule is Cc1cc(C(=O)OCC(=O)NC(C)c2ccc3c(c2)OCO3)c(C)n1CC(F)(F)F. The van der Waals surface area contributed by atoms with Gasteiger partial charge in [0.05, 0.1) is 11.6 Å². The standard InChI is InChI=1S/C20H21F3N2O5/c1-11-6-15(13(3)25(11)9-20(21,22)23)19(27)28-8-18(26)24-12(2)14-4-5-16-17(7-14)30-10-29-16/h4-7,12H,8-10H2,1-3H3,(H,24,26). The molecule has 1 aromatic carbocycles. The molecule has 1 aromatic heterocycles. The van der Waals surface area contributed by atoms with Gasteiger partial charge in [0.2, 0.25) is 6.79 Å². The molecule has 1 aliphatic rings. The molecule has 7 nitrogen and oxygen atoms in total. The van der Waals surface area contributed by atoms with E-state index >= 15 is 0 Å². The predicted octanol–water partition coefficient (Wildman–Crippen LogP) is 3.43. The number of aryl methyl sites for hydroxylation is 1. The number of nitrogens with one attached hydrogen (secondary N) is 1. The summed E-state index contributed by atoms with van der Waals surface area (Å²) in [7, 11) is 0. The number of fused-ring (bicyclic) bond motifs is 1. The summed E-state index contributed by atoms with van der Waals surface area (Å²) in [5.41, 5.74) is 1.17. The molecule has 0 saturated carbocycles.